The molecule has 0 heterocycles. The van der Waals surface area contributed by atoms with Gasteiger partial charge in [0.25, 0.3) is 0 Å². The molecular formula is C34H56O3Si. The van der Waals surface area contributed by atoms with Gasteiger partial charge in [0, 0.05) is 0 Å². The molecule has 6 atom stereocenters. The molecule has 0 unspecified atom stereocenters. The summed E-state index contributed by atoms with van der Waals surface area (Å²) in [5.74, 6) is 2.26. The zero-order valence-corrected chi connectivity index (χ0v) is 26.7. The Morgan fingerprint density at radius 2 is 1.87 bits per heavy atom. The van der Waals surface area contributed by atoms with Gasteiger partial charge >= 0.3 is 0 Å². The molecule has 214 valence electrons. The van der Waals surface area contributed by atoms with Crippen molar-refractivity contribution in [3.8, 4) is 5.75 Å². The predicted molar refractivity (Wildman–Crippen MR) is 163 cm³/mol. The number of aliphatic hydroxyl groups excluding tert-OH is 1. The smallest absolute Gasteiger partial charge is 0.192 e. The Labute approximate surface area is 234 Å². The van der Waals surface area contributed by atoms with Crippen LogP contribution in [-0.2, 0) is 10.8 Å². The van der Waals surface area contributed by atoms with Gasteiger partial charge in [-0.15, -0.1) is 0 Å². The van der Waals surface area contributed by atoms with E-state index < -0.39 is 8.32 Å². The van der Waals surface area contributed by atoms with Crippen molar-refractivity contribution >= 4 is 8.32 Å². The molecule has 0 bridgehead atoms. The Kier molecular flexibility index (Phi) is 8.97. The molecule has 4 heteroatoms. The maximum Gasteiger partial charge on any atom is 0.192 e. The highest BCUT2D eigenvalue weighted by molar-refractivity contribution is 6.74. The molecule has 4 rings (SSSR count). The van der Waals surface area contributed by atoms with Crippen molar-refractivity contribution in [1.82, 2.24) is 0 Å². The first-order chi connectivity index (χ1) is 17.8. The molecular weight excluding hydrogens is 484 g/mol. The molecule has 1 aromatic rings. The van der Waals surface area contributed by atoms with Crippen LogP contribution in [0.4, 0.5) is 0 Å². The van der Waals surface area contributed by atoms with Crippen molar-refractivity contribution in [2.24, 2.45) is 16.7 Å². The SMILES string of the molecule is COc1ccc2c(c1)CC[C@]1(C=CCCCCC[C@@H](C)O)[C@@H]2CC[C@]2(C)[C@@H](O[Si](C)(C)C(C)(C)C)CC[C@H]21. The van der Waals surface area contributed by atoms with Gasteiger partial charge in [-0.25, -0.2) is 0 Å². The van der Waals surface area contributed by atoms with E-state index in [0.29, 0.717) is 17.9 Å². The molecule has 1 aromatic carbocycles. The molecule has 0 aliphatic heterocycles. The van der Waals surface area contributed by atoms with Gasteiger partial charge in [0.1, 0.15) is 5.75 Å². The minimum Gasteiger partial charge on any atom is -0.497 e. The number of hydrogen-bond acceptors (Lipinski definition) is 3. The number of rotatable bonds is 10. The zero-order chi connectivity index (χ0) is 27.8. The Hall–Kier alpha value is -1.10. The van der Waals surface area contributed by atoms with Crippen molar-refractivity contribution < 1.29 is 14.3 Å². The lowest BCUT2D eigenvalue weighted by molar-refractivity contribution is -0.0482. The Morgan fingerprint density at radius 3 is 2.55 bits per heavy atom. The summed E-state index contributed by atoms with van der Waals surface area (Å²) in [6.07, 6.45) is 18.5. The minimum atomic E-state index is -1.83. The van der Waals surface area contributed by atoms with Crippen LogP contribution in [-0.4, -0.2) is 32.7 Å². The molecule has 0 amide bonds. The minimum absolute atomic E-state index is 0.171. The molecule has 2 saturated carbocycles. The standard InChI is InChI=1S/C34H56O3Si/c1-25(35)14-12-10-9-11-13-21-34-23-19-26-24-27(36-6)15-16-28(26)29(34)20-22-33(5)30(34)17-18-31(33)37-38(7,8)32(2,3)4/h13,15-16,21,24-25,29-31,35H,9-12,14,17-20,22-23H2,1-8H3/t25-,29-,30-,31+,33+,34-/m1/s1. The molecule has 3 aliphatic rings. The van der Waals surface area contributed by atoms with E-state index in [0.717, 1.165) is 31.4 Å². The fourth-order valence-electron chi connectivity index (χ4n) is 8.02. The van der Waals surface area contributed by atoms with Gasteiger partial charge in [0.2, 0.25) is 0 Å². The topological polar surface area (TPSA) is 38.7 Å². The van der Waals surface area contributed by atoms with E-state index >= 15 is 0 Å². The van der Waals surface area contributed by atoms with E-state index in [1.54, 1.807) is 12.7 Å². The quantitative estimate of drug-likeness (QED) is 0.183. The number of methoxy groups -OCH3 is 1. The fourth-order valence-corrected chi connectivity index (χ4v) is 9.47. The number of aryl methyl sites for hydroxylation is 1. The highest BCUT2D eigenvalue weighted by Crippen LogP contribution is 2.68. The third-order valence-corrected chi connectivity index (χ3v) is 15.7. The van der Waals surface area contributed by atoms with E-state index in [-0.39, 0.29) is 22.0 Å². The van der Waals surface area contributed by atoms with Gasteiger partial charge in [-0.3, -0.25) is 0 Å². The van der Waals surface area contributed by atoms with Gasteiger partial charge in [-0.05, 0) is 129 Å². The van der Waals surface area contributed by atoms with Crippen LogP contribution in [0.3, 0.4) is 0 Å². The Balaban J connectivity index is 1.61. The van der Waals surface area contributed by atoms with Gasteiger partial charge in [-0.1, -0.05) is 58.8 Å². The molecule has 3 aliphatic carbocycles. The lowest BCUT2D eigenvalue weighted by atomic mass is 9.47. The predicted octanol–water partition coefficient (Wildman–Crippen LogP) is 9.20. The average Bonchev–Trinajstić information content (AvgIpc) is 3.18. The number of hydrogen-bond donors (Lipinski definition) is 1. The Bertz CT molecular complexity index is 976. The van der Waals surface area contributed by atoms with E-state index in [2.05, 4.69) is 71.1 Å². The van der Waals surface area contributed by atoms with Crippen molar-refractivity contribution in [1.29, 1.82) is 0 Å². The van der Waals surface area contributed by atoms with Crippen LogP contribution >= 0.6 is 0 Å². The highest BCUT2D eigenvalue weighted by atomic mass is 28.4. The second-order valence-electron chi connectivity index (χ2n) is 14.7. The van der Waals surface area contributed by atoms with Gasteiger partial charge < -0.3 is 14.3 Å². The summed E-state index contributed by atoms with van der Waals surface area (Å²) >= 11 is 0. The van der Waals surface area contributed by atoms with Crippen LogP contribution in [0, 0.1) is 16.7 Å². The first-order valence-corrected chi connectivity index (χ1v) is 18.5. The second kappa shape index (κ2) is 11.4. The van der Waals surface area contributed by atoms with Gasteiger partial charge in [-0.2, -0.15) is 0 Å². The number of fused-ring (bicyclic) bond motifs is 5. The number of benzene rings is 1. The summed E-state index contributed by atoms with van der Waals surface area (Å²) in [6, 6.07) is 6.88. The summed E-state index contributed by atoms with van der Waals surface area (Å²) in [5.41, 5.74) is 3.55. The van der Waals surface area contributed by atoms with Crippen molar-refractivity contribution in [2.75, 3.05) is 7.11 Å². The molecule has 2 fully saturated rings. The van der Waals surface area contributed by atoms with E-state index in [1.165, 1.54) is 50.5 Å². The van der Waals surface area contributed by atoms with Gasteiger partial charge in [0.05, 0.1) is 19.3 Å². The molecule has 0 radical (unpaired) electrons. The van der Waals surface area contributed by atoms with Crippen molar-refractivity contribution in [3.63, 3.8) is 0 Å². The monoisotopic (exact) mass is 540 g/mol. The third-order valence-electron chi connectivity index (χ3n) is 11.2. The number of aliphatic hydroxyl groups is 1. The highest BCUT2D eigenvalue weighted by Gasteiger charge is 2.62. The normalized spacial score (nSPS) is 32.1. The average molecular weight is 541 g/mol. The molecule has 0 spiro atoms. The summed E-state index contributed by atoms with van der Waals surface area (Å²) in [5, 5.41) is 9.83. The zero-order valence-electron chi connectivity index (χ0n) is 25.7. The van der Waals surface area contributed by atoms with Crippen LogP contribution < -0.4 is 4.74 Å². The van der Waals surface area contributed by atoms with Gasteiger partial charge in [0.15, 0.2) is 8.32 Å². The van der Waals surface area contributed by atoms with Crippen molar-refractivity contribution in [2.45, 2.75) is 142 Å². The first-order valence-electron chi connectivity index (χ1n) is 15.5. The molecule has 0 saturated heterocycles. The molecule has 38 heavy (non-hydrogen) atoms. The number of allylic oxidation sites excluding steroid dienone is 2. The third kappa shape index (κ3) is 5.70. The second-order valence-corrected chi connectivity index (χ2v) is 19.4. The lowest BCUT2D eigenvalue weighted by Crippen LogP contribution is -2.53. The van der Waals surface area contributed by atoms with Crippen LogP contribution in [0.1, 0.15) is 116 Å². The van der Waals surface area contributed by atoms with E-state index in [9.17, 15) is 5.11 Å². The fraction of sp³-hybridized carbons (Fsp3) is 0.765. The van der Waals surface area contributed by atoms with Crippen LogP contribution in [0.2, 0.25) is 18.1 Å². The van der Waals surface area contributed by atoms with Crippen molar-refractivity contribution in [3.05, 3.63) is 41.5 Å². The molecule has 1 N–H and O–H groups in total. The van der Waals surface area contributed by atoms with Crippen LogP contribution in [0.25, 0.3) is 0 Å². The summed E-state index contributed by atoms with van der Waals surface area (Å²) in [6.45, 7) is 16.5. The molecule has 0 aromatic heterocycles. The largest absolute Gasteiger partial charge is 0.497 e. The number of ether oxygens (including phenoxy) is 1. The van der Waals surface area contributed by atoms with Crippen LogP contribution in [0.15, 0.2) is 30.4 Å². The lowest BCUT2D eigenvalue weighted by Gasteiger charge is -2.58. The first kappa shape index (κ1) is 29.9. The van der Waals surface area contributed by atoms with Crippen LogP contribution in [0.5, 0.6) is 5.75 Å². The summed E-state index contributed by atoms with van der Waals surface area (Å²) in [7, 11) is -0.0477. The summed E-state index contributed by atoms with van der Waals surface area (Å²) in [4.78, 5) is 0. The summed E-state index contributed by atoms with van der Waals surface area (Å²) < 4.78 is 12.8. The Morgan fingerprint density at radius 1 is 1.11 bits per heavy atom. The maximum atomic E-state index is 9.58. The van der Waals surface area contributed by atoms with E-state index in [1.807, 2.05) is 6.92 Å². The number of unbranched alkanes of at least 4 members (excludes halogenated alkanes) is 3. The maximum absolute atomic E-state index is 9.58. The molecule has 3 nitrogen and oxygen atoms in total. The van der Waals surface area contributed by atoms with E-state index in [4.69, 9.17) is 9.16 Å².